The summed E-state index contributed by atoms with van der Waals surface area (Å²) >= 11 is 1.18. The first-order valence-corrected chi connectivity index (χ1v) is 8.02. The molecule has 0 fully saturated rings. The highest BCUT2D eigenvalue weighted by atomic mass is 32.2. The number of benzene rings is 1. The van der Waals surface area contributed by atoms with Gasteiger partial charge in [-0.05, 0) is 25.0 Å². The minimum atomic E-state index is -0.459. The molecule has 7 heteroatoms. The van der Waals surface area contributed by atoms with Gasteiger partial charge in [0.05, 0.1) is 22.8 Å². The van der Waals surface area contributed by atoms with Gasteiger partial charge in [-0.25, -0.2) is 9.37 Å². The van der Waals surface area contributed by atoms with E-state index in [0.29, 0.717) is 5.16 Å². The molecule has 0 saturated carbocycles. The Hall–Kier alpha value is -2.02. The molecule has 2 rings (SSSR count). The number of carbonyl (C=O) groups excluding carboxylic acids is 1. The lowest BCUT2D eigenvalue weighted by Crippen LogP contribution is -2.15. The molecule has 0 radical (unpaired) electrons. The second-order valence-corrected chi connectivity index (χ2v) is 5.45. The van der Waals surface area contributed by atoms with Gasteiger partial charge in [-0.15, -0.1) is 5.10 Å². The summed E-state index contributed by atoms with van der Waals surface area (Å²) in [5.74, 6) is -0.666. The van der Waals surface area contributed by atoms with Crippen LogP contribution in [0.5, 0.6) is 0 Å². The van der Waals surface area contributed by atoms with Crippen LogP contribution < -0.4 is 5.32 Å². The fraction of sp³-hybridized carbons (Fsp3) is 0.333. The molecule has 0 bridgehead atoms. The van der Waals surface area contributed by atoms with Crippen molar-refractivity contribution in [2.45, 2.75) is 31.8 Å². The monoisotopic (exact) mass is 320 g/mol. The zero-order valence-corrected chi connectivity index (χ0v) is 13.3. The average Bonchev–Trinajstić information content (AvgIpc) is 2.54. The lowest BCUT2D eigenvalue weighted by molar-refractivity contribution is -0.113. The molecular weight excluding hydrogens is 303 g/mol. The number of aryl methyl sites for hydroxylation is 2. The molecule has 0 spiro atoms. The smallest absolute Gasteiger partial charge is 0.234 e. The third kappa shape index (κ3) is 4.24. The number of rotatable bonds is 6. The van der Waals surface area contributed by atoms with Crippen LogP contribution in [0, 0.1) is 5.82 Å². The molecule has 0 unspecified atom stereocenters. The van der Waals surface area contributed by atoms with Crippen LogP contribution in [0.3, 0.4) is 0 Å². The maximum Gasteiger partial charge on any atom is 0.234 e. The number of hydrogen-bond acceptors (Lipinski definition) is 5. The zero-order chi connectivity index (χ0) is 15.9. The van der Waals surface area contributed by atoms with Gasteiger partial charge in [0.25, 0.3) is 0 Å². The summed E-state index contributed by atoms with van der Waals surface area (Å²) in [6.07, 6.45) is 1.55. The van der Waals surface area contributed by atoms with Crippen LogP contribution in [0.2, 0.25) is 0 Å². The van der Waals surface area contributed by atoms with Crippen LogP contribution in [-0.4, -0.2) is 26.8 Å². The van der Waals surface area contributed by atoms with Crippen molar-refractivity contribution >= 4 is 23.4 Å². The maximum absolute atomic E-state index is 13.4. The highest BCUT2D eigenvalue weighted by Crippen LogP contribution is 2.16. The molecule has 0 aliphatic heterocycles. The van der Waals surface area contributed by atoms with Crippen molar-refractivity contribution in [3.8, 4) is 0 Å². The lowest BCUT2D eigenvalue weighted by atomic mass is 10.2. The predicted octanol–water partition coefficient (Wildman–Crippen LogP) is 2.87. The van der Waals surface area contributed by atoms with Crippen LogP contribution in [-0.2, 0) is 17.6 Å². The van der Waals surface area contributed by atoms with Gasteiger partial charge in [0.2, 0.25) is 11.1 Å². The van der Waals surface area contributed by atoms with Crippen molar-refractivity contribution in [1.29, 1.82) is 0 Å². The Kier molecular flexibility index (Phi) is 5.83. The number of carbonyl (C=O) groups is 1. The normalized spacial score (nSPS) is 10.5. The van der Waals surface area contributed by atoms with Crippen molar-refractivity contribution < 1.29 is 9.18 Å². The van der Waals surface area contributed by atoms with Crippen molar-refractivity contribution in [2.24, 2.45) is 0 Å². The second-order valence-electron chi connectivity index (χ2n) is 4.51. The Morgan fingerprint density at radius 3 is 2.59 bits per heavy atom. The molecule has 1 aromatic carbocycles. The van der Waals surface area contributed by atoms with Crippen LogP contribution in [0.25, 0.3) is 0 Å². The molecule has 1 amide bonds. The Morgan fingerprint density at radius 2 is 1.91 bits per heavy atom. The summed E-state index contributed by atoms with van der Waals surface area (Å²) < 4.78 is 13.4. The van der Waals surface area contributed by atoms with Crippen LogP contribution in [0.15, 0.2) is 29.4 Å². The van der Waals surface area contributed by atoms with Gasteiger partial charge in [0, 0.05) is 0 Å². The summed E-state index contributed by atoms with van der Waals surface area (Å²) in [6, 6.07) is 6.05. The minimum absolute atomic E-state index is 0.102. The van der Waals surface area contributed by atoms with Crippen molar-refractivity contribution in [2.75, 3.05) is 11.1 Å². The Morgan fingerprint density at radius 1 is 1.18 bits per heavy atom. The Balaban J connectivity index is 1.95. The summed E-state index contributed by atoms with van der Waals surface area (Å²) in [4.78, 5) is 16.2. The van der Waals surface area contributed by atoms with Crippen molar-refractivity contribution in [3.05, 3.63) is 41.5 Å². The van der Waals surface area contributed by atoms with Crippen molar-refractivity contribution in [1.82, 2.24) is 15.2 Å². The first-order valence-electron chi connectivity index (χ1n) is 7.03. The van der Waals surface area contributed by atoms with Gasteiger partial charge < -0.3 is 5.32 Å². The van der Waals surface area contributed by atoms with Gasteiger partial charge in [0.1, 0.15) is 5.82 Å². The quantitative estimate of drug-likeness (QED) is 0.829. The maximum atomic E-state index is 13.4. The van der Waals surface area contributed by atoms with Gasteiger partial charge in [-0.2, -0.15) is 5.10 Å². The first-order chi connectivity index (χ1) is 10.6. The number of aromatic nitrogens is 3. The van der Waals surface area contributed by atoms with E-state index in [9.17, 15) is 9.18 Å². The van der Waals surface area contributed by atoms with Crippen molar-refractivity contribution in [3.63, 3.8) is 0 Å². The molecule has 0 aliphatic carbocycles. The number of amides is 1. The number of nitrogens with zero attached hydrogens (tertiary/aromatic N) is 3. The number of nitrogens with one attached hydrogen (secondary N) is 1. The SMILES string of the molecule is CCc1nnc(SCC(=O)Nc2ccccc2F)nc1CC. The van der Waals surface area contributed by atoms with E-state index < -0.39 is 5.82 Å². The standard InChI is InChI=1S/C15H17FN4OS/c1-3-11-12(4-2)19-20-15(18-11)22-9-14(21)17-13-8-6-5-7-10(13)16/h5-8H,3-4,9H2,1-2H3,(H,17,21). The number of halogens is 1. The molecule has 0 aliphatic rings. The minimum Gasteiger partial charge on any atom is -0.323 e. The van der Waals surface area contributed by atoms with E-state index in [1.807, 2.05) is 13.8 Å². The number of thioether (sulfide) groups is 1. The zero-order valence-electron chi connectivity index (χ0n) is 12.5. The van der Waals surface area contributed by atoms with E-state index in [0.717, 1.165) is 24.2 Å². The average molecular weight is 320 g/mol. The molecule has 0 saturated heterocycles. The van der Waals surface area contributed by atoms with E-state index in [1.165, 1.54) is 23.9 Å². The largest absolute Gasteiger partial charge is 0.323 e. The van der Waals surface area contributed by atoms with Crippen LogP contribution in [0.1, 0.15) is 25.2 Å². The topological polar surface area (TPSA) is 67.8 Å². The van der Waals surface area contributed by atoms with E-state index in [4.69, 9.17) is 0 Å². The molecule has 116 valence electrons. The van der Waals surface area contributed by atoms with E-state index >= 15 is 0 Å². The molecular formula is C15H17FN4OS. The first kappa shape index (κ1) is 16.4. The molecule has 22 heavy (non-hydrogen) atoms. The highest BCUT2D eigenvalue weighted by molar-refractivity contribution is 7.99. The Labute approximate surface area is 132 Å². The lowest BCUT2D eigenvalue weighted by Gasteiger charge is -2.07. The van der Waals surface area contributed by atoms with Crippen LogP contribution in [0.4, 0.5) is 10.1 Å². The second kappa shape index (κ2) is 7.84. The third-order valence-electron chi connectivity index (χ3n) is 2.97. The number of hydrogen-bond donors (Lipinski definition) is 1. The molecule has 0 atom stereocenters. The van der Waals surface area contributed by atoms with Gasteiger partial charge >= 0.3 is 0 Å². The fourth-order valence-electron chi connectivity index (χ4n) is 1.86. The van der Waals surface area contributed by atoms with E-state index in [2.05, 4.69) is 20.5 Å². The summed E-state index contributed by atoms with van der Waals surface area (Å²) in [6.45, 7) is 4.00. The van der Waals surface area contributed by atoms with Gasteiger partial charge in [0.15, 0.2) is 0 Å². The fourth-order valence-corrected chi connectivity index (χ4v) is 2.47. The highest BCUT2D eigenvalue weighted by Gasteiger charge is 2.10. The summed E-state index contributed by atoms with van der Waals surface area (Å²) in [7, 11) is 0. The molecule has 1 aromatic heterocycles. The predicted molar refractivity (Wildman–Crippen MR) is 84.3 cm³/mol. The third-order valence-corrected chi connectivity index (χ3v) is 3.81. The molecule has 1 heterocycles. The Bertz CT molecular complexity index is 666. The van der Waals surface area contributed by atoms with E-state index in [-0.39, 0.29) is 17.3 Å². The van der Waals surface area contributed by atoms with E-state index in [1.54, 1.807) is 12.1 Å². The molecule has 5 nitrogen and oxygen atoms in total. The van der Waals surface area contributed by atoms with Gasteiger partial charge in [-0.1, -0.05) is 37.7 Å². The molecule has 1 N–H and O–H groups in total. The van der Waals surface area contributed by atoms with Crippen LogP contribution >= 0.6 is 11.8 Å². The number of anilines is 1. The summed E-state index contributed by atoms with van der Waals surface area (Å²) in [5, 5.41) is 11.1. The summed E-state index contributed by atoms with van der Waals surface area (Å²) in [5.41, 5.74) is 1.94. The molecule has 2 aromatic rings. The number of para-hydroxylation sites is 1. The van der Waals surface area contributed by atoms with Gasteiger partial charge in [-0.3, -0.25) is 4.79 Å².